The molecule has 0 saturated carbocycles. The highest BCUT2D eigenvalue weighted by atomic mass is 35.5. The van der Waals surface area contributed by atoms with Crippen LogP contribution in [0, 0.1) is 6.92 Å². The van der Waals surface area contributed by atoms with Crippen molar-refractivity contribution in [3.05, 3.63) is 34.3 Å². The van der Waals surface area contributed by atoms with Crippen LogP contribution in [0.4, 0.5) is 0 Å². The average Bonchev–Trinajstić information content (AvgIpc) is 2.15. The number of nitrogens with one attached hydrogen (secondary N) is 2. The molecule has 3 heteroatoms. The quantitative estimate of drug-likeness (QED) is 0.748. The van der Waals surface area contributed by atoms with Crippen LogP contribution in [-0.4, -0.2) is 19.1 Å². The second kappa shape index (κ2) is 6.89. The normalized spacial score (nSPS) is 11.1. The minimum Gasteiger partial charge on any atom is -0.313 e. The highest BCUT2D eigenvalue weighted by Crippen LogP contribution is 2.14. The van der Waals surface area contributed by atoms with Gasteiger partial charge in [0, 0.05) is 30.7 Å². The van der Waals surface area contributed by atoms with Crippen LogP contribution >= 0.6 is 11.6 Å². The van der Waals surface area contributed by atoms with Crippen molar-refractivity contribution in [3.63, 3.8) is 0 Å². The van der Waals surface area contributed by atoms with E-state index in [0.717, 1.165) is 24.7 Å². The molecule has 0 amide bonds. The van der Waals surface area contributed by atoms with Gasteiger partial charge in [-0.2, -0.15) is 0 Å². The van der Waals surface area contributed by atoms with Crippen molar-refractivity contribution in [2.24, 2.45) is 0 Å². The van der Waals surface area contributed by atoms with Crippen LogP contribution in [0.15, 0.2) is 18.2 Å². The summed E-state index contributed by atoms with van der Waals surface area (Å²) >= 11 is 5.99. The van der Waals surface area contributed by atoms with Gasteiger partial charge in [-0.05, 0) is 30.2 Å². The van der Waals surface area contributed by atoms with Gasteiger partial charge in [0.1, 0.15) is 0 Å². The predicted molar refractivity (Wildman–Crippen MR) is 71.0 cm³/mol. The molecular formula is C13H21ClN2. The molecule has 2 N–H and O–H groups in total. The molecule has 0 aromatic heterocycles. The molecule has 0 spiro atoms. The number of aryl methyl sites for hydroxylation is 1. The van der Waals surface area contributed by atoms with E-state index in [1.165, 1.54) is 11.1 Å². The molecule has 0 aliphatic rings. The standard InChI is InChI=1S/C13H21ClN2/c1-10(2)16-5-4-15-9-12-6-11(3)7-13(14)8-12/h6-8,10,15-16H,4-5,9H2,1-3H3. The Bertz CT molecular complexity index is 303. The lowest BCUT2D eigenvalue weighted by molar-refractivity contribution is 0.555. The minimum atomic E-state index is 0.551. The summed E-state index contributed by atoms with van der Waals surface area (Å²) in [5.74, 6) is 0. The molecule has 0 unspecified atom stereocenters. The van der Waals surface area contributed by atoms with Crippen LogP contribution in [0.25, 0.3) is 0 Å². The fraction of sp³-hybridized carbons (Fsp3) is 0.538. The van der Waals surface area contributed by atoms with Crippen molar-refractivity contribution in [1.82, 2.24) is 10.6 Å². The average molecular weight is 241 g/mol. The Kier molecular flexibility index (Phi) is 5.81. The summed E-state index contributed by atoms with van der Waals surface area (Å²) in [6.45, 7) is 9.22. The number of halogens is 1. The molecule has 1 rings (SSSR count). The molecule has 0 saturated heterocycles. The van der Waals surface area contributed by atoms with E-state index in [4.69, 9.17) is 11.6 Å². The van der Waals surface area contributed by atoms with Gasteiger partial charge in [0.2, 0.25) is 0 Å². The van der Waals surface area contributed by atoms with Gasteiger partial charge in [0.25, 0.3) is 0 Å². The Labute approximate surface area is 103 Å². The Hall–Kier alpha value is -0.570. The first kappa shape index (κ1) is 13.5. The van der Waals surface area contributed by atoms with Crippen LogP contribution in [0.3, 0.4) is 0 Å². The Morgan fingerprint density at radius 3 is 2.56 bits per heavy atom. The maximum absolute atomic E-state index is 5.99. The summed E-state index contributed by atoms with van der Waals surface area (Å²) in [6, 6.07) is 6.70. The maximum atomic E-state index is 5.99. The van der Waals surface area contributed by atoms with E-state index in [1.54, 1.807) is 0 Å². The third kappa shape index (κ3) is 5.50. The summed E-state index contributed by atoms with van der Waals surface area (Å²) in [5.41, 5.74) is 2.46. The van der Waals surface area contributed by atoms with E-state index in [1.807, 2.05) is 12.1 Å². The molecule has 0 fully saturated rings. The highest BCUT2D eigenvalue weighted by molar-refractivity contribution is 6.30. The fourth-order valence-corrected chi connectivity index (χ4v) is 1.91. The van der Waals surface area contributed by atoms with Gasteiger partial charge < -0.3 is 10.6 Å². The molecule has 0 aliphatic heterocycles. The van der Waals surface area contributed by atoms with Crippen molar-refractivity contribution in [2.45, 2.75) is 33.4 Å². The maximum Gasteiger partial charge on any atom is 0.0411 e. The first-order valence-corrected chi connectivity index (χ1v) is 6.16. The van der Waals surface area contributed by atoms with E-state index >= 15 is 0 Å². The molecule has 0 heterocycles. The zero-order valence-electron chi connectivity index (χ0n) is 10.3. The minimum absolute atomic E-state index is 0.551. The molecular weight excluding hydrogens is 220 g/mol. The van der Waals surface area contributed by atoms with Crippen LogP contribution in [-0.2, 0) is 6.54 Å². The predicted octanol–water partition coefficient (Wildman–Crippen LogP) is 2.74. The van der Waals surface area contributed by atoms with Crippen LogP contribution in [0.1, 0.15) is 25.0 Å². The van der Waals surface area contributed by atoms with Crippen molar-refractivity contribution < 1.29 is 0 Å². The largest absolute Gasteiger partial charge is 0.313 e. The number of rotatable bonds is 6. The van der Waals surface area contributed by atoms with Gasteiger partial charge in [-0.25, -0.2) is 0 Å². The summed E-state index contributed by atoms with van der Waals surface area (Å²) in [4.78, 5) is 0. The smallest absolute Gasteiger partial charge is 0.0411 e. The van der Waals surface area contributed by atoms with Crippen molar-refractivity contribution in [1.29, 1.82) is 0 Å². The van der Waals surface area contributed by atoms with E-state index in [0.29, 0.717) is 6.04 Å². The second-order valence-electron chi connectivity index (χ2n) is 4.42. The van der Waals surface area contributed by atoms with E-state index in [2.05, 4.69) is 37.5 Å². The molecule has 1 aromatic rings. The topological polar surface area (TPSA) is 24.1 Å². The summed E-state index contributed by atoms with van der Waals surface area (Å²) in [6.07, 6.45) is 0. The molecule has 16 heavy (non-hydrogen) atoms. The summed E-state index contributed by atoms with van der Waals surface area (Å²) in [7, 11) is 0. The Morgan fingerprint density at radius 2 is 1.94 bits per heavy atom. The summed E-state index contributed by atoms with van der Waals surface area (Å²) in [5, 5.41) is 7.57. The van der Waals surface area contributed by atoms with Crippen LogP contribution in [0.2, 0.25) is 5.02 Å². The monoisotopic (exact) mass is 240 g/mol. The molecule has 0 atom stereocenters. The lowest BCUT2D eigenvalue weighted by Crippen LogP contribution is -2.31. The summed E-state index contributed by atoms with van der Waals surface area (Å²) < 4.78 is 0. The molecule has 0 radical (unpaired) electrons. The van der Waals surface area contributed by atoms with Gasteiger partial charge in [-0.15, -0.1) is 0 Å². The van der Waals surface area contributed by atoms with Gasteiger partial charge >= 0.3 is 0 Å². The molecule has 2 nitrogen and oxygen atoms in total. The highest BCUT2D eigenvalue weighted by Gasteiger charge is 1.97. The fourth-order valence-electron chi connectivity index (χ4n) is 1.60. The second-order valence-corrected chi connectivity index (χ2v) is 4.86. The Morgan fingerprint density at radius 1 is 1.19 bits per heavy atom. The van der Waals surface area contributed by atoms with Crippen LogP contribution in [0.5, 0.6) is 0 Å². The Balaban J connectivity index is 2.26. The SMILES string of the molecule is Cc1cc(Cl)cc(CNCCNC(C)C)c1. The van der Waals surface area contributed by atoms with Crippen molar-refractivity contribution in [3.8, 4) is 0 Å². The van der Waals surface area contributed by atoms with Gasteiger partial charge in [0.15, 0.2) is 0 Å². The zero-order chi connectivity index (χ0) is 12.0. The molecule has 0 aliphatic carbocycles. The third-order valence-corrected chi connectivity index (χ3v) is 2.50. The van der Waals surface area contributed by atoms with E-state index in [9.17, 15) is 0 Å². The molecule has 90 valence electrons. The zero-order valence-corrected chi connectivity index (χ0v) is 11.1. The lowest BCUT2D eigenvalue weighted by Gasteiger charge is -2.09. The number of hydrogen-bond acceptors (Lipinski definition) is 2. The molecule has 0 bridgehead atoms. The van der Waals surface area contributed by atoms with E-state index < -0.39 is 0 Å². The first-order valence-electron chi connectivity index (χ1n) is 5.78. The molecule has 1 aromatic carbocycles. The third-order valence-electron chi connectivity index (χ3n) is 2.29. The van der Waals surface area contributed by atoms with Crippen molar-refractivity contribution in [2.75, 3.05) is 13.1 Å². The van der Waals surface area contributed by atoms with E-state index in [-0.39, 0.29) is 0 Å². The van der Waals surface area contributed by atoms with Gasteiger partial charge in [-0.1, -0.05) is 31.5 Å². The van der Waals surface area contributed by atoms with Gasteiger partial charge in [-0.3, -0.25) is 0 Å². The first-order chi connectivity index (χ1) is 7.58. The van der Waals surface area contributed by atoms with Crippen LogP contribution < -0.4 is 10.6 Å². The number of benzene rings is 1. The van der Waals surface area contributed by atoms with Gasteiger partial charge in [0.05, 0.1) is 0 Å². The number of hydrogen-bond donors (Lipinski definition) is 2. The lowest BCUT2D eigenvalue weighted by atomic mass is 10.1. The van der Waals surface area contributed by atoms with Crippen molar-refractivity contribution >= 4 is 11.6 Å².